The van der Waals surface area contributed by atoms with Crippen LogP contribution in [-0.4, -0.2) is 72.7 Å². The number of aryl methyl sites for hydroxylation is 1. The van der Waals surface area contributed by atoms with E-state index in [9.17, 15) is 10.1 Å². The molecule has 0 bridgehead atoms. The van der Waals surface area contributed by atoms with Crippen LogP contribution in [0.15, 0.2) is 42.4 Å². The second-order valence-electron chi connectivity index (χ2n) is 9.56. The van der Waals surface area contributed by atoms with E-state index in [0.717, 1.165) is 71.8 Å². The maximum atomic E-state index is 12.9. The van der Waals surface area contributed by atoms with E-state index in [4.69, 9.17) is 0 Å². The SMILES string of the molecule is Cc1ccsc1C(=O)N1CCC(N2CC(CC#N)(n3cc(-c4ncnc5[nH]ccc45)cn3)C2)CC1. The smallest absolute Gasteiger partial charge is 0.264 e. The van der Waals surface area contributed by atoms with Gasteiger partial charge < -0.3 is 9.88 Å². The second-order valence-corrected chi connectivity index (χ2v) is 10.5. The van der Waals surface area contributed by atoms with Gasteiger partial charge in [0.15, 0.2) is 0 Å². The van der Waals surface area contributed by atoms with Crippen molar-refractivity contribution in [3.63, 3.8) is 0 Å². The Bertz CT molecular complexity index is 1410. The van der Waals surface area contributed by atoms with Gasteiger partial charge in [-0.3, -0.25) is 14.4 Å². The molecule has 35 heavy (non-hydrogen) atoms. The number of thiophene rings is 1. The molecular weight excluding hydrogens is 460 g/mol. The van der Waals surface area contributed by atoms with Crippen molar-refractivity contribution < 1.29 is 4.79 Å². The van der Waals surface area contributed by atoms with Crippen LogP contribution >= 0.6 is 11.3 Å². The molecule has 1 amide bonds. The second kappa shape index (κ2) is 8.59. The predicted octanol–water partition coefficient (Wildman–Crippen LogP) is 3.42. The van der Waals surface area contributed by atoms with Crippen molar-refractivity contribution in [2.24, 2.45) is 0 Å². The first-order valence-corrected chi connectivity index (χ1v) is 12.7. The zero-order chi connectivity index (χ0) is 24.0. The monoisotopic (exact) mass is 486 g/mol. The first-order valence-electron chi connectivity index (χ1n) is 11.9. The molecule has 2 saturated heterocycles. The Balaban J connectivity index is 1.14. The van der Waals surface area contributed by atoms with Gasteiger partial charge in [-0.25, -0.2) is 9.97 Å². The number of nitrogens with zero attached hydrogens (tertiary/aromatic N) is 7. The van der Waals surface area contributed by atoms with Crippen LogP contribution < -0.4 is 0 Å². The molecule has 0 aromatic carbocycles. The third kappa shape index (κ3) is 3.72. The summed E-state index contributed by atoms with van der Waals surface area (Å²) in [6, 6.07) is 6.78. The van der Waals surface area contributed by atoms with Crippen molar-refractivity contribution in [3.8, 4) is 17.3 Å². The number of hydrogen-bond acceptors (Lipinski definition) is 7. The predicted molar refractivity (Wildman–Crippen MR) is 133 cm³/mol. The maximum Gasteiger partial charge on any atom is 0.264 e. The van der Waals surface area contributed by atoms with E-state index in [1.165, 1.54) is 11.3 Å². The lowest BCUT2D eigenvalue weighted by Crippen LogP contribution is -2.66. The summed E-state index contributed by atoms with van der Waals surface area (Å²) >= 11 is 1.53. The summed E-state index contributed by atoms with van der Waals surface area (Å²) < 4.78 is 1.96. The summed E-state index contributed by atoms with van der Waals surface area (Å²) in [6.45, 7) is 5.11. The van der Waals surface area contributed by atoms with Crippen LogP contribution in [0.5, 0.6) is 0 Å². The lowest BCUT2D eigenvalue weighted by molar-refractivity contribution is -0.0412. The first kappa shape index (κ1) is 21.9. The molecule has 0 spiro atoms. The molecular formula is C25H26N8OS. The van der Waals surface area contributed by atoms with Gasteiger partial charge in [-0.05, 0) is 42.8 Å². The number of aromatic amines is 1. The molecule has 4 aromatic heterocycles. The highest BCUT2D eigenvalue weighted by Gasteiger charge is 2.48. The van der Waals surface area contributed by atoms with E-state index in [2.05, 4.69) is 31.0 Å². The van der Waals surface area contributed by atoms with Crippen LogP contribution in [0.25, 0.3) is 22.3 Å². The summed E-state index contributed by atoms with van der Waals surface area (Å²) in [7, 11) is 0. The molecule has 2 aliphatic rings. The Hall–Kier alpha value is -3.55. The van der Waals surface area contributed by atoms with E-state index in [1.807, 2.05) is 52.6 Å². The van der Waals surface area contributed by atoms with Gasteiger partial charge in [-0.15, -0.1) is 11.3 Å². The summed E-state index contributed by atoms with van der Waals surface area (Å²) in [4.78, 5) is 30.0. The average Bonchev–Trinajstić information content (AvgIpc) is 3.61. The molecule has 4 aromatic rings. The molecule has 2 fully saturated rings. The number of piperidine rings is 1. The van der Waals surface area contributed by atoms with E-state index >= 15 is 0 Å². The van der Waals surface area contributed by atoms with Gasteiger partial charge in [-0.2, -0.15) is 10.4 Å². The van der Waals surface area contributed by atoms with Gasteiger partial charge in [0.1, 0.15) is 17.5 Å². The molecule has 2 aliphatic heterocycles. The molecule has 0 atom stereocenters. The van der Waals surface area contributed by atoms with Gasteiger partial charge in [0.2, 0.25) is 0 Å². The van der Waals surface area contributed by atoms with Gasteiger partial charge in [0, 0.05) is 55.6 Å². The number of carbonyl (C=O) groups excluding carboxylic acids is 1. The minimum atomic E-state index is -0.335. The van der Waals surface area contributed by atoms with E-state index < -0.39 is 0 Å². The first-order chi connectivity index (χ1) is 17.1. The van der Waals surface area contributed by atoms with Gasteiger partial charge in [0.25, 0.3) is 5.91 Å². The van der Waals surface area contributed by atoms with Crippen molar-refractivity contribution in [3.05, 3.63) is 52.9 Å². The number of H-pyrrole nitrogens is 1. The molecule has 6 heterocycles. The molecule has 178 valence electrons. The third-order valence-corrected chi connectivity index (χ3v) is 8.43. The standard InChI is InChI=1S/C25H26N8OS/c1-17-5-11-35-22(17)24(34)31-9-3-19(4-10-31)32-14-25(15-32,6-7-26)33-13-18(12-30-33)21-20-2-8-27-23(20)29-16-28-21/h2,5,8,11-13,16,19H,3-4,6,9-10,14-15H2,1H3,(H,27,28,29). The van der Waals surface area contributed by atoms with Crippen LogP contribution in [0.1, 0.15) is 34.5 Å². The maximum absolute atomic E-state index is 12.9. The number of nitrogens with one attached hydrogen (secondary N) is 1. The van der Waals surface area contributed by atoms with Gasteiger partial charge in [-0.1, -0.05) is 0 Å². The third-order valence-electron chi connectivity index (χ3n) is 7.42. The molecule has 0 unspecified atom stereocenters. The number of fused-ring (bicyclic) bond motifs is 1. The molecule has 6 rings (SSSR count). The normalized spacial score (nSPS) is 18.5. The Kier molecular flexibility index (Phi) is 5.39. The van der Waals surface area contributed by atoms with E-state index in [-0.39, 0.29) is 11.4 Å². The number of aromatic nitrogens is 5. The molecule has 10 heteroatoms. The fraction of sp³-hybridized carbons (Fsp3) is 0.400. The lowest BCUT2D eigenvalue weighted by Gasteiger charge is -2.53. The summed E-state index contributed by atoms with van der Waals surface area (Å²) in [5, 5.41) is 17.2. The Labute approximate surface area is 207 Å². The Morgan fingerprint density at radius 3 is 2.86 bits per heavy atom. The van der Waals surface area contributed by atoms with Crippen LogP contribution in [0.4, 0.5) is 0 Å². The van der Waals surface area contributed by atoms with Gasteiger partial charge >= 0.3 is 0 Å². The van der Waals surface area contributed by atoms with Crippen LogP contribution in [0.3, 0.4) is 0 Å². The van der Waals surface area contributed by atoms with Crippen molar-refractivity contribution in [2.75, 3.05) is 26.2 Å². The van der Waals surface area contributed by atoms with Crippen LogP contribution in [0, 0.1) is 18.3 Å². The molecule has 0 aliphatic carbocycles. The van der Waals surface area contributed by atoms with Gasteiger partial charge in [0.05, 0.1) is 29.3 Å². The highest BCUT2D eigenvalue weighted by molar-refractivity contribution is 7.12. The highest BCUT2D eigenvalue weighted by atomic mass is 32.1. The topological polar surface area (TPSA) is 107 Å². The van der Waals surface area contributed by atoms with Crippen molar-refractivity contribution in [1.82, 2.24) is 34.5 Å². The minimum absolute atomic E-state index is 0.156. The lowest BCUT2D eigenvalue weighted by atomic mass is 9.83. The zero-order valence-corrected chi connectivity index (χ0v) is 20.3. The van der Waals surface area contributed by atoms with Crippen molar-refractivity contribution in [2.45, 2.75) is 37.8 Å². The molecule has 0 saturated carbocycles. The number of amides is 1. The summed E-state index contributed by atoms with van der Waals surface area (Å²) in [5.41, 5.74) is 3.28. The number of nitriles is 1. The summed E-state index contributed by atoms with van der Waals surface area (Å²) in [6.07, 6.45) is 9.56. The summed E-state index contributed by atoms with van der Waals surface area (Å²) in [5.74, 6) is 0.156. The number of rotatable bonds is 5. The molecule has 1 N–H and O–H groups in total. The number of carbonyl (C=O) groups is 1. The zero-order valence-electron chi connectivity index (χ0n) is 19.5. The number of likely N-dealkylation sites (tertiary alicyclic amines) is 2. The fourth-order valence-electron chi connectivity index (χ4n) is 5.43. The van der Waals surface area contributed by atoms with E-state index in [0.29, 0.717) is 12.5 Å². The van der Waals surface area contributed by atoms with E-state index in [1.54, 1.807) is 6.33 Å². The van der Waals surface area contributed by atoms with Crippen molar-refractivity contribution in [1.29, 1.82) is 5.26 Å². The quantitative estimate of drug-likeness (QED) is 0.463. The fourth-order valence-corrected chi connectivity index (χ4v) is 6.32. The number of hydrogen-bond donors (Lipinski definition) is 1. The largest absolute Gasteiger partial charge is 0.346 e. The Morgan fingerprint density at radius 1 is 1.29 bits per heavy atom. The van der Waals surface area contributed by atoms with Crippen molar-refractivity contribution >= 4 is 28.3 Å². The average molecular weight is 487 g/mol. The highest BCUT2D eigenvalue weighted by Crippen LogP contribution is 2.37. The van der Waals surface area contributed by atoms with Crippen LogP contribution in [0.2, 0.25) is 0 Å². The molecule has 9 nitrogen and oxygen atoms in total. The minimum Gasteiger partial charge on any atom is -0.346 e. The molecule has 0 radical (unpaired) electrons. The van der Waals surface area contributed by atoms with Crippen LogP contribution in [-0.2, 0) is 5.54 Å². The Morgan fingerprint density at radius 2 is 2.11 bits per heavy atom.